The molecule has 0 saturated carbocycles. The predicted octanol–water partition coefficient (Wildman–Crippen LogP) is 4.99. The molecule has 1 fully saturated rings. The van der Waals surface area contributed by atoms with Gasteiger partial charge in [-0.3, -0.25) is 14.5 Å². The van der Waals surface area contributed by atoms with Crippen LogP contribution < -0.4 is 4.90 Å². The van der Waals surface area contributed by atoms with E-state index in [1.165, 1.54) is 17.0 Å². The number of halogens is 1. The Bertz CT molecular complexity index is 1220. The minimum Gasteiger partial charge on any atom is -0.505 e. The van der Waals surface area contributed by atoms with Crippen molar-refractivity contribution in [2.45, 2.75) is 52.1 Å². The normalized spacial score (nSPS) is 23.0. The number of carbonyl (C=O) groups is 2. The number of anilines is 1. The Morgan fingerprint density at radius 3 is 2.49 bits per heavy atom. The summed E-state index contributed by atoms with van der Waals surface area (Å²) in [5, 5.41) is 31.2. The molecule has 1 heterocycles. The van der Waals surface area contributed by atoms with E-state index in [9.17, 15) is 29.3 Å². The number of aromatic hydroxyl groups is 1. The van der Waals surface area contributed by atoms with Crippen LogP contribution in [0.1, 0.15) is 51.5 Å². The van der Waals surface area contributed by atoms with Crippen molar-refractivity contribution < 1.29 is 29.3 Å². The number of nitrogens with zero attached hydrogens (tertiary/aromatic N) is 1. The number of phenols is 1. The van der Waals surface area contributed by atoms with E-state index in [2.05, 4.69) is 0 Å². The SMILES string of the molecule is CCC1=C([C@H](O)CC/C(=C/c2ccc(O)c(F)c2)CC)[C@H](CO)[C@@H]2C(=O)N(c3ccccc3)C(=O)[C@@H]2C1. The quantitative estimate of drug-likeness (QED) is 0.328. The number of aliphatic hydroxyl groups is 2. The highest BCUT2D eigenvalue weighted by Gasteiger charge is 2.55. The molecular weight excluding hydrogens is 473 g/mol. The molecule has 0 unspecified atom stereocenters. The third-order valence-electron chi connectivity index (χ3n) is 7.72. The van der Waals surface area contributed by atoms with Crippen LogP contribution in [0, 0.1) is 23.6 Å². The number of benzene rings is 2. The van der Waals surface area contributed by atoms with Gasteiger partial charge < -0.3 is 15.3 Å². The standard InChI is InChI=1S/C30H34FNO5/c1-3-18(14-19-11-12-25(34)24(31)15-19)10-13-26(35)27-20(4-2)16-22-28(23(27)17-33)30(37)32(29(22)36)21-8-6-5-7-9-21/h5-9,11-12,14-15,22-23,26,28,33-35H,3-4,10,13,16-17H2,1-2H3/b18-14+/t22-,23+,26-,28-/m1/s1. The van der Waals surface area contributed by atoms with Gasteiger partial charge in [-0.25, -0.2) is 4.39 Å². The average Bonchev–Trinajstić information content (AvgIpc) is 3.16. The van der Waals surface area contributed by atoms with E-state index >= 15 is 0 Å². The summed E-state index contributed by atoms with van der Waals surface area (Å²) in [7, 11) is 0. The Morgan fingerprint density at radius 1 is 1.14 bits per heavy atom. The first-order chi connectivity index (χ1) is 17.8. The lowest BCUT2D eigenvalue weighted by atomic mass is 9.67. The molecule has 0 radical (unpaired) electrons. The van der Waals surface area contributed by atoms with Crippen LogP contribution in [-0.4, -0.2) is 39.8 Å². The van der Waals surface area contributed by atoms with Gasteiger partial charge in [-0.05, 0) is 67.5 Å². The van der Waals surface area contributed by atoms with Crippen molar-refractivity contribution in [3.8, 4) is 5.75 Å². The topological polar surface area (TPSA) is 98.1 Å². The highest BCUT2D eigenvalue weighted by Crippen LogP contribution is 2.47. The first kappa shape index (κ1) is 26.8. The van der Waals surface area contributed by atoms with Gasteiger partial charge in [0, 0.05) is 5.92 Å². The smallest absolute Gasteiger partial charge is 0.238 e. The number of amides is 2. The summed E-state index contributed by atoms with van der Waals surface area (Å²) < 4.78 is 13.8. The number of para-hydroxylation sites is 1. The molecule has 3 N–H and O–H groups in total. The van der Waals surface area contributed by atoms with Crippen molar-refractivity contribution in [1.82, 2.24) is 0 Å². The van der Waals surface area contributed by atoms with Gasteiger partial charge in [0.2, 0.25) is 11.8 Å². The summed E-state index contributed by atoms with van der Waals surface area (Å²) in [6.07, 6.45) is 3.58. The van der Waals surface area contributed by atoms with Crippen LogP contribution in [0.2, 0.25) is 0 Å². The maximum atomic E-state index is 13.8. The molecule has 2 amide bonds. The lowest BCUT2D eigenvalue weighted by molar-refractivity contribution is -0.123. The fraction of sp³-hybridized carbons (Fsp3) is 0.400. The Hall–Kier alpha value is -3.29. The number of fused-ring (bicyclic) bond motifs is 1. The van der Waals surface area contributed by atoms with Gasteiger partial charge >= 0.3 is 0 Å². The molecule has 6 nitrogen and oxygen atoms in total. The Labute approximate surface area is 216 Å². The number of allylic oxidation sites excluding steroid dienone is 2. The van der Waals surface area contributed by atoms with E-state index in [4.69, 9.17) is 0 Å². The Kier molecular flexibility index (Phi) is 8.25. The first-order valence-corrected chi connectivity index (χ1v) is 12.9. The molecule has 2 aromatic rings. The van der Waals surface area contributed by atoms with Gasteiger partial charge in [0.05, 0.1) is 30.2 Å². The third kappa shape index (κ3) is 5.24. The molecule has 196 valence electrons. The van der Waals surface area contributed by atoms with Gasteiger partial charge in [-0.15, -0.1) is 0 Å². The maximum Gasteiger partial charge on any atom is 0.238 e. The predicted molar refractivity (Wildman–Crippen MR) is 140 cm³/mol. The molecule has 37 heavy (non-hydrogen) atoms. The number of aliphatic hydroxyl groups excluding tert-OH is 2. The van der Waals surface area contributed by atoms with Crippen molar-refractivity contribution in [3.05, 3.63) is 76.6 Å². The molecule has 0 spiro atoms. The fourth-order valence-electron chi connectivity index (χ4n) is 5.81. The van der Waals surface area contributed by atoms with E-state index in [0.717, 1.165) is 11.1 Å². The molecule has 2 aromatic carbocycles. The van der Waals surface area contributed by atoms with Gasteiger partial charge in [-0.1, -0.05) is 55.3 Å². The number of hydrogen-bond donors (Lipinski definition) is 3. The van der Waals surface area contributed by atoms with E-state index in [0.29, 0.717) is 48.9 Å². The maximum absolute atomic E-state index is 13.8. The number of phenolic OH excluding ortho intramolecular Hbond substituents is 1. The summed E-state index contributed by atoms with van der Waals surface area (Å²) in [6, 6.07) is 13.0. The molecular formula is C30H34FNO5. The molecule has 1 saturated heterocycles. The van der Waals surface area contributed by atoms with Crippen LogP contribution in [-0.2, 0) is 9.59 Å². The second-order valence-corrected chi connectivity index (χ2v) is 9.81. The monoisotopic (exact) mass is 507 g/mol. The van der Waals surface area contributed by atoms with Crippen molar-refractivity contribution >= 4 is 23.6 Å². The third-order valence-corrected chi connectivity index (χ3v) is 7.72. The Balaban J connectivity index is 1.57. The van der Waals surface area contributed by atoms with E-state index in [1.807, 2.05) is 26.0 Å². The average molecular weight is 508 g/mol. The number of carbonyl (C=O) groups excluding carboxylic acids is 2. The summed E-state index contributed by atoms with van der Waals surface area (Å²) in [5.41, 5.74) is 3.74. The largest absolute Gasteiger partial charge is 0.505 e. The van der Waals surface area contributed by atoms with Crippen molar-refractivity contribution in [1.29, 1.82) is 0 Å². The van der Waals surface area contributed by atoms with Gasteiger partial charge in [0.15, 0.2) is 11.6 Å². The highest BCUT2D eigenvalue weighted by molar-refractivity contribution is 6.22. The molecule has 1 aliphatic heterocycles. The zero-order valence-corrected chi connectivity index (χ0v) is 21.2. The molecule has 7 heteroatoms. The van der Waals surface area contributed by atoms with Crippen LogP contribution in [0.15, 0.2) is 65.3 Å². The second kappa shape index (κ2) is 11.4. The molecule has 0 bridgehead atoms. The lowest BCUT2D eigenvalue weighted by Gasteiger charge is -2.36. The van der Waals surface area contributed by atoms with Gasteiger partial charge in [-0.2, -0.15) is 0 Å². The van der Waals surface area contributed by atoms with Gasteiger partial charge in [0.1, 0.15) is 0 Å². The van der Waals surface area contributed by atoms with Crippen LogP contribution in [0.25, 0.3) is 6.08 Å². The first-order valence-electron chi connectivity index (χ1n) is 12.9. The summed E-state index contributed by atoms with van der Waals surface area (Å²) >= 11 is 0. The molecule has 1 aliphatic carbocycles. The number of imide groups is 1. The zero-order chi connectivity index (χ0) is 26.7. The summed E-state index contributed by atoms with van der Waals surface area (Å²) in [4.78, 5) is 28.0. The number of hydrogen-bond acceptors (Lipinski definition) is 5. The highest BCUT2D eigenvalue weighted by atomic mass is 19.1. The second-order valence-electron chi connectivity index (χ2n) is 9.81. The number of rotatable bonds is 9. The minimum absolute atomic E-state index is 0.253. The zero-order valence-electron chi connectivity index (χ0n) is 21.2. The molecule has 0 aromatic heterocycles. The summed E-state index contributed by atoms with van der Waals surface area (Å²) in [6.45, 7) is 3.61. The Morgan fingerprint density at radius 2 is 1.86 bits per heavy atom. The van der Waals surface area contributed by atoms with Crippen molar-refractivity contribution in [2.24, 2.45) is 17.8 Å². The van der Waals surface area contributed by atoms with Crippen LogP contribution in [0.3, 0.4) is 0 Å². The van der Waals surface area contributed by atoms with Crippen LogP contribution >= 0.6 is 0 Å². The van der Waals surface area contributed by atoms with Crippen LogP contribution in [0.5, 0.6) is 5.75 Å². The lowest BCUT2D eigenvalue weighted by Crippen LogP contribution is -2.39. The minimum atomic E-state index is -0.881. The fourth-order valence-corrected chi connectivity index (χ4v) is 5.81. The van der Waals surface area contributed by atoms with E-state index < -0.39 is 35.4 Å². The summed E-state index contributed by atoms with van der Waals surface area (Å²) in [5.74, 6) is -3.56. The van der Waals surface area contributed by atoms with Crippen LogP contribution in [0.4, 0.5) is 10.1 Å². The van der Waals surface area contributed by atoms with E-state index in [1.54, 1.807) is 30.3 Å². The molecule has 2 aliphatic rings. The van der Waals surface area contributed by atoms with Gasteiger partial charge in [0.25, 0.3) is 0 Å². The molecule has 4 atom stereocenters. The van der Waals surface area contributed by atoms with Crippen molar-refractivity contribution in [2.75, 3.05) is 11.5 Å². The van der Waals surface area contributed by atoms with Crippen molar-refractivity contribution in [3.63, 3.8) is 0 Å². The molecule has 4 rings (SSSR count). The van der Waals surface area contributed by atoms with E-state index in [-0.39, 0.29) is 18.4 Å².